The highest BCUT2D eigenvalue weighted by Gasteiger charge is 2.36. The third kappa shape index (κ3) is 3.60. The van der Waals surface area contributed by atoms with Gasteiger partial charge in [-0.15, -0.1) is 0 Å². The molecule has 0 unspecified atom stereocenters. The first kappa shape index (κ1) is 16.5. The first-order chi connectivity index (χ1) is 11.7. The molecule has 1 aliphatic rings. The van der Waals surface area contributed by atoms with Crippen LogP contribution >= 0.6 is 0 Å². The summed E-state index contributed by atoms with van der Waals surface area (Å²) in [6.07, 6.45) is 2.42. The average Bonchev–Trinajstić information content (AvgIpc) is 2.63. The SMILES string of the molecule is COc1ccccc1NC(=O)CC1(c2ccccc2)CCNCC1. The first-order valence-electron chi connectivity index (χ1n) is 8.43. The number of para-hydroxylation sites is 2. The summed E-state index contributed by atoms with van der Waals surface area (Å²) >= 11 is 0. The molecule has 2 aromatic carbocycles. The molecular formula is C20H24N2O2. The molecule has 1 heterocycles. The Kier molecular flexibility index (Phi) is 5.16. The number of anilines is 1. The molecule has 4 nitrogen and oxygen atoms in total. The van der Waals surface area contributed by atoms with Crippen LogP contribution in [0, 0.1) is 0 Å². The van der Waals surface area contributed by atoms with E-state index in [1.807, 2.05) is 30.3 Å². The summed E-state index contributed by atoms with van der Waals surface area (Å²) < 4.78 is 5.32. The lowest BCUT2D eigenvalue weighted by Crippen LogP contribution is -2.42. The van der Waals surface area contributed by atoms with Gasteiger partial charge < -0.3 is 15.4 Å². The molecule has 3 rings (SSSR count). The number of piperidine rings is 1. The molecule has 1 amide bonds. The minimum Gasteiger partial charge on any atom is -0.495 e. The highest BCUT2D eigenvalue weighted by molar-refractivity contribution is 5.93. The number of hydrogen-bond acceptors (Lipinski definition) is 3. The Morgan fingerprint density at radius 3 is 2.46 bits per heavy atom. The van der Waals surface area contributed by atoms with Crippen LogP contribution in [-0.4, -0.2) is 26.1 Å². The van der Waals surface area contributed by atoms with E-state index >= 15 is 0 Å². The molecule has 2 N–H and O–H groups in total. The molecule has 1 fully saturated rings. The summed E-state index contributed by atoms with van der Waals surface area (Å²) in [7, 11) is 1.61. The van der Waals surface area contributed by atoms with Crippen LogP contribution in [0.4, 0.5) is 5.69 Å². The fourth-order valence-electron chi connectivity index (χ4n) is 3.51. The molecule has 2 aromatic rings. The van der Waals surface area contributed by atoms with Crippen molar-refractivity contribution in [2.24, 2.45) is 0 Å². The van der Waals surface area contributed by atoms with E-state index in [-0.39, 0.29) is 11.3 Å². The number of hydrogen-bond donors (Lipinski definition) is 2. The molecule has 0 spiro atoms. The maximum absolute atomic E-state index is 12.7. The Bertz CT molecular complexity index is 679. The topological polar surface area (TPSA) is 50.4 Å². The molecule has 0 atom stereocenters. The molecule has 24 heavy (non-hydrogen) atoms. The highest BCUT2D eigenvalue weighted by atomic mass is 16.5. The van der Waals surface area contributed by atoms with Crippen molar-refractivity contribution in [1.29, 1.82) is 0 Å². The van der Waals surface area contributed by atoms with Crippen LogP contribution in [0.1, 0.15) is 24.8 Å². The van der Waals surface area contributed by atoms with E-state index in [1.165, 1.54) is 5.56 Å². The van der Waals surface area contributed by atoms with Crippen LogP contribution in [0.15, 0.2) is 54.6 Å². The molecule has 4 heteroatoms. The largest absolute Gasteiger partial charge is 0.495 e. The second-order valence-electron chi connectivity index (χ2n) is 6.32. The lowest BCUT2D eigenvalue weighted by molar-refractivity contribution is -0.117. The minimum absolute atomic E-state index is 0.0326. The minimum atomic E-state index is -0.0986. The van der Waals surface area contributed by atoms with Gasteiger partial charge in [-0.05, 0) is 43.6 Å². The van der Waals surface area contributed by atoms with E-state index in [4.69, 9.17) is 4.74 Å². The second kappa shape index (κ2) is 7.49. The maximum Gasteiger partial charge on any atom is 0.225 e. The molecule has 0 radical (unpaired) electrons. The first-order valence-corrected chi connectivity index (χ1v) is 8.43. The number of ether oxygens (including phenoxy) is 1. The standard InChI is InChI=1S/C20H24N2O2/c1-24-18-10-6-5-9-17(18)22-19(23)15-20(11-13-21-14-12-20)16-7-3-2-4-8-16/h2-10,21H,11-15H2,1H3,(H,22,23). The number of nitrogens with one attached hydrogen (secondary N) is 2. The van der Waals surface area contributed by atoms with Gasteiger partial charge in [-0.3, -0.25) is 4.79 Å². The third-order valence-electron chi connectivity index (χ3n) is 4.83. The predicted molar refractivity (Wildman–Crippen MR) is 96.5 cm³/mol. The molecule has 0 aliphatic carbocycles. The molecule has 1 saturated heterocycles. The van der Waals surface area contributed by atoms with Gasteiger partial charge in [0.2, 0.25) is 5.91 Å². The number of methoxy groups -OCH3 is 1. The van der Waals surface area contributed by atoms with Crippen molar-refractivity contribution in [3.63, 3.8) is 0 Å². The van der Waals surface area contributed by atoms with Crippen molar-refractivity contribution in [3.05, 3.63) is 60.2 Å². The Balaban J connectivity index is 1.79. The predicted octanol–water partition coefficient (Wildman–Crippen LogP) is 3.35. The summed E-state index contributed by atoms with van der Waals surface area (Å²) in [5.74, 6) is 0.718. The van der Waals surface area contributed by atoms with Gasteiger partial charge in [0.1, 0.15) is 5.75 Å². The Morgan fingerprint density at radius 1 is 1.08 bits per heavy atom. The van der Waals surface area contributed by atoms with Crippen LogP contribution in [0.3, 0.4) is 0 Å². The van der Waals surface area contributed by atoms with Gasteiger partial charge in [-0.25, -0.2) is 0 Å². The zero-order chi connectivity index (χ0) is 16.8. The van der Waals surface area contributed by atoms with Crippen LogP contribution in [0.25, 0.3) is 0 Å². The van der Waals surface area contributed by atoms with Crippen LogP contribution in [0.2, 0.25) is 0 Å². The second-order valence-corrected chi connectivity index (χ2v) is 6.32. The summed E-state index contributed by atoms with van der Waals surface area (Å²) in [5, 5.41) is 6.42. The van der Waals surface area contributed by atoms with Crippen molar-refractivity contribution in [3.8, 4) is 5.75 Å². The lowest BCUT2D eigenvalue weighted by Gasteiger charge is -2.38. The normalized spacial score (nSPS) is 16.4. The Morgan fingerprint density at radius 2 is 1.75 bits per heavy atom. The lowest BCUT2D eigenvalue weighted by atomic mass is 9.70. The number of carbonyl (C=O) groups is 1. The van der Waals surface area contributed by atoms with Gasteiger partial charge in [0.15, 0.2) is 0 Å². The van der Waals surface area contributed by atoms with Crippen molar-refractivity contribution >= 4 is 11.6 Å². The fourth-order valence-corrected chi connectivity index (χ4v) is 3.51. The van der Waals surface area contributed by atoms with Crippen molar-refractivity contribution in [2.75, 3.05) is 25.5 Å². The van der Waals surface area contributed by atoms with Crippen molar-refractivity contribution < 1.29 is 9.53 Å². The molecule has 1 aliphatic heterocycles. The third-order valence-corrected chi connectivity index (χ3v) is 4.83. The zero-order valence-electron chi connectivity index (χ0n) is 14.0. The van der Waals surface area contributed by atoms with E-state index in [9.17, 15) is 4.79 Å². The van der Waals surface area contributed by atoms with Gasteiger partial charge in [0, 0.05) is 11.8 Å². The summed E-state index contributed by atoms with van der Waals surface area (Å²) in [5.41, 5.74) is 1.88. The fraction of sp³-hybridized carbons (Fsp3) is 0.350. The highest BCUT2D eigenvalue weighted by Crippen LogP contribution is 2.37. The summed E-state index contributed by atoms with van der Waals surface area (Å²) in [6, 6.07) is 17.9. The van der Waals surface area contributed by atoms with E-state index in [1.54, 1.807) is 7.11 Å². The summed E-state index contributed by atoms with van der Waals surface area (Å²) in [4.78, 5) is 12.7. The van der Waals surface area contributed by atoms with E-state index in [0.717, 1.165) is 31.6 Å². The van der Waals surface area contributed by atoms with Gasteiger partial charge in [-0.2, -0.15) is 0 Å². The maximum atomic E-state index is 12.7. The van der Waals surface area contributed by atoms with E-state index in [2.05, 4.69) is 34.9 Å². The molecular weight excluding hydrogens is 300 g/mol. The number of benzene rings is 2. The van der Waals surface area contributed by atoms with Crippen LogP contribution in [0.5, 0.6) is 5.75 Å². The smallest absolute Gasteiger partial charge is 0.225 e. The van der Waals surface area contributed by atoms with Crippen LogP contribution < -0.4 is 15.4 Å². The molecule has 126 valence electrons. The van der Waals surface area contributed by atoms with Crippen molar-refractivity contribution in [2.45, 2.75) is 24.7 Å². The van der Waals surface area contributed by atoms with Crippen molar-refractivity contribution in [1.82, 2.24) is 5.32 Å². The average molecular weight is 324 g/mol. The Hall–Kier alpha value is -2.33. The molecule has 0 saturated carbocycles. The van der Waals surface area contributed by atoms with Gasteiger partial charge in [0.05, 0.1) is 12.8 Å². The Labute approximate surface area is 143 Å². The van der Waals surface area contributed by atoms with Gasteiger partial charge in [-0.1, -0.05) is 42.5 Å². The van der Waals surface area contributed by atoms with E-state index in [0.29, 0.717) is 12.2 Å². The molecule has 0 bridgehead atoms. The summed E-state index contributed by atoms with van der Waals surface area (Å²) in [6.45, 7) is 1.88. The molecule has 0 aromatic heterocycles. The number of rotatable bonds is 5. The van der Waals surface area contributed by atoms with E-state index < -0.39 is 0 Å². The monoisotopic (exact) mass is 324 g/mol. The van der Waals surface area contributed by atoms with Crippen LogP contribution in [-0.2, 0) is 10.2 Å². The quantitative estimate of drug-likeness (QED) is 0.887. The van der Waals surface area contributed by atoms with Gasteiger partial charge in [0.25, 0.3) is 0 Å². The zero-order valence-corrected chi connectivity index (χ0v) is 14.0. The number of amides is 1. The van der Waals surface area contributed by atoms with Gasteiger partial charge >= 0.3 is 0 Å². The number of carbonyl (C=O) groups excluding carboxylic acids is 1.